The highest BCUT2D eigenvalue weighted by Gasteiger charge is 2.25. The van der Waals surface area contributed by atoms with E-state index in [1.807, 2.05) is 18.2 Å². The number of carbonyl (C=O) groups excluding carboxylic acids is 1. The Hall–Kier alpha value is -1.35. The average Bonchev–Trinajstić information content (AvgIpc) is 2.64. The third-order valence-corrected chi connectivity index (χ3v) is 5.65. The van der Waals surface area contributed by atoms with Crippen molar-refractivity contribution in [3.63, 3.8) is 0 Å². The first-order valence-electron chi connectivity index (χ1n) is 11.6. The molecular weight excluding hydrogens is 501 g/mol. The normalized spacial score (nSPS) is 14.4. The molecule has 1 fully saturated rings. The number of hydrogen-bond acceptors (Lipinski definition) is 3. The molecule has 0 spiro atoms. The molecule has 2 rings (SSSR count). The lowest BCUT2D eigenvalue weighted by Gasteiger charge is -2.30. The molecule has 1 aliphatic rings. The Kier molecular flexibility index (Phi) is 13.1. The van der Waals surface area contributed by atoms with E-state index in [4.69, 9.17) is 4.99 Å². The molecule has 0 aliphatic heterocycles. The number of benzene rings is 1. The summed E-state index contributed by atoms with van der Waals surface area (Å²) in [6.45, 7) is 14.4. The van der Waals surface area contributed by atoms with Crippen molar-refractivity contribution in [2.75, 3.05) is 25.0 Å². The summed E-state index contributed by atoms with van der Waals surface area (Å²) >= 11 is 0. The van der Waals surface area contributed by atoms with Crippen molar-refractivity contribution in [2.45, 2.75) is 78.9 Å². The molecule has 0 heterocycles. The summed E-state index contributed by atoms with van der Waals surface area (Å²) in [5.74, 6) is 1.18. The molecule has 0 unspecified atom stereocenters. The molecule has 31 heavy (non-hydrogen) atoms. The number of guanidine groups is 1. The van der Waals surface area contributed by atoms with Crippen LogP contribution in [0.4, 0.5) is 5.69 Å². The highest BCUT2D eigenvalue weighted by Crippen LogP contribution is 2.27. The highest BCUT2D eigenvalue weighted by molar-refractivity contribution is 14.0. The van der Waals surface area contributed by atoms with Crippen LogP contribution in [0.25, 0.3) is 0 Å². The summed E-state index contributed by atoms with van der Waals surface area (Å²) in [6.07, 6.45) is 4.27. The zero-order valence-electron chi connectivity index (χ0n) is 19.9. The number of hydrogen-bond donors (Lipinski definition) is 3. The van der Waals surface area contributed by atoms with Gasteiger partial charge in [0.05, 0.1) is 6.54 Å². The van der Waals surface area contributed by atoms with Gasteiger partial charge in [0.15, 0.2) is 5.96 Å². The van der Waals surface area contributed by atoms with Crippen LogP contribution < -0.4 is 16.0 Å². The van der Waals surface area contributed by atoms with Crippen molar-refractivity contribution in [3.8, 4) is 0 Å². The molecule has 6 nitrogen and oxygen atoms in total. The lowest BCUT2D eigenvalue weighted by molar-refractivity contribution is -0.122. The topological polar surface area (TPSA) is 68.8 Å². The highest BCUT2D eigenvalue weighted by atomic mass is 127. The van der Waals surface area contributed by atoms with Gasteiger partial charge in [-0.25, -0.2) is 4.99 Å². The summed E-state index contributed by atoms with van der Waals surface area (Å²) < 4.78 is 0. The van der Waals surface area contributed by atoms with E-state index in [0.717, 1.165) is 56.1 Å². The van der Waals surface area contributed by atoms with Gasteiger partial charge in [0.2, 0.25) is 5.91 Å². The van der Waals surface area contributed by atoms with Gasteiger partial charge in [-0.3, -0.25) is 9.69 Å². The van der Waals surface area contributed by atoms with E-state index in [1.165, 1.54) is 6.42 Å². The van der Waals surface area contributed by atoms with Crippen LogP contribution in [0.15, 0.2) is 29.3 Å². The largest absolute Gasteiger partial charge is 0.357 e. The predicted molar refractivity (Wildman–Crippen MR) is 142 cm³/mol. The maximum Gasteiger partial charge on any atom is 0.227 e. The molecule has 1 saturated carbocycles. The van der Waals surface area contributed by atoms with Crippen molar-refractivity contribution in [1.29, 1.82) is 0 Å². The van der Waals surface area contributed by atoms with Gasteiger partial charge >= 0.3 is 0 Å². The maximum atomic E-state index is 12.2. The van der Waals surface area contributed by atoms with E-state index < -0.39 is 0 Å². The van der Waals surface area contributed by atoms with Gasteiger partial charge in [-0.15, -0.1) is 24.0 Å². The number of nitrogens with zero attached hydrogens (tertiary/aromatic N) is 2. The molecule has 0 bridgehead atoms. The second kappa shape index (κ2) is 14.7. The number of halogens is 1. The summed E-state index contributed by atoms with van der Waals surface area (Å²) in [7, 11) is 0. The van der Waals surface area contributed by atoms with Crippen LogP contribution in [0, 0.1) is 5.92 Å². The van der Waals surface area contributed by atoms with Gasteiger partial charge in [-0.05, 0) is 71.6 Å². The number of nitrogens with one attached hydrogen (secondary N) is 3. The molecule has 1 amide bonds. The quantitative estimate of drug-likeness (QED) is 0.165. The molecule has 176 valence electrons. The Labute approximate surface area is 206 Å². The van der Waals surface area contributed by atoms with Gasteiger partial charge in [0.25, 0.3) is 0 Å². The van der Waals surface area contributed by atoms with E-state index in [9.17, 15) is 4.79 Å². The summed E-state index contributed by atoms with van der Waals surface area (Å²) in [4.78, 5) is 19.4. The van der Waals surface area contributed by atoms with Crippen LogP contribution in [-0.4, -0.2) is 48.5 Å². The molecular formula is C24H42IN5O. The van der Waals surface area contributed by atoms with Crippen LogP contribution in [0.2, 0.25) is 0 Å². The van der Waals surface area contributed by atoms with Gasteiger partial charge in [-0.2, -0.15) is 0 Å². The maximum absolute atomic E-state index is 12.2. The molecule has 1 aromatic rings. The van der Waals surface area contributed by atoms with E-state index in [1.54, 1.807) is 0 Å². The lowest BCUT2D eigenvalue weighted by atomic mass is 9.85. The van der Waals surface area contributed by atoms with E-state index >= 15 is 0 Å². The number of amides is 1. The first kappa shape index (κ1) is 27.7. The fraction of sp³-hybridized carbons (Fsp3) is 0.667. The average molecular weight is 544 g/mol. The SMILES string of the molecule is CCNC(=NCc1cccc(NC(=O)C2CCC2)c1)NCCCN(C(C)C)C(C)C.I. The fourth-order valence-electron chi connectivity index (χ4n) is 3.76. The second-order valence-electron chi connectivity index (χ2n) is 8.72. The van der Waals surface area contributed by atoms with E-state index in [2.05, 4.69) is 61.5 Å². The zero-order chi connectivity index (χ0) is 21.9. The Balaban J connectivity index is 0.00000480. The third-order valence-electron chi connectivity index (χ3n) is 5.65. The first-order valence-corrected chi connectivity index (χ1v) is 11.6. The molecule has 0 atom stereocenters. The molecule has 0 saturated heterocycles. The zero-order valence-corrected chi connectivity index (χ0v) is 22.2. The van der Waals surface area contributed by atoms with Crippen molar-refractivity contribution in [2.24, 2.45) is 10.9 Å². The Bertz CT molecular complexity index is 680. The summed E-state index contributed by atoms with van der Waals surface area (Å²) in [5, 5.41) is 9.81. The Morgan fingerprint density at radius 2 is 1.87 bits per heavy atom. The summed E-state index contributed by atoms with van der Waals surface area (Å²) in [6, 6.07) is 9.12. The minimum Gasteiger partial charge on any atom is -0.357 e. The van der Waals surface area contributed by atoms with Gasteiger partial charge < -0.3 is 16.0 Å². The van der Waals surface area contributed by atoms with Crippen LogP contribution in [0.5, 0.6) is 0 Å². The predicted octanol–water partition coefficient (Wildman–Crippen LogP) is 4.61. The molecule has 0 aromatic heterocycles. The smallest absolute Gasteiger partial charge is 0.227 e. The molecule has 0 radical (unpaired) electrons. The number of aliphatic imine (C=N–C) groups is 1. The van der Waals surface area contributed by atoms with Gasteiger partial charge in [-0.1, -0.05) is 18.6 Å². The van der Waals surface area contributed by atoms with Crippen molar-refractivity contribution in [1.82, 2.24) is 15.5 Å². The van der Waals surface area contributed by atoms with Gasteiger partial charge in [0, 0.05) is 43.3 Å². The third kappa shape index (κ3) is 9.76. The molecule has 1 aliphatic carbocycles. The minimum absolute atomic E-state index is 0. The molecule has 1 aromatic carbocycles. The Morgan fingerprint density at radius 3 is 2.45 bits per heavy atom. The monoisotopic (exact) mass is 543 g/mol. The molecule has 7 heteroatoms. The molecule has 3 N–H and O–H groups in total. The standard InChI is InChI=1S/C24H41N5O.HI/c1-6-25-24(26-14-9-15-29(18(2)3)19(4)5)27-17-20-10-7-13-22(16-20)28-23(30)21-11-8-12-21;/h7,10,13,16,18-19,21H,6,8-9,11-12,14-15,17H2,1-5H3,(H,28,30)(H2,25,26,27);1H. The summed E-state index contributed by atoms with van der Waals surface area (Å²) in [5.41, 5.74) is 1.95. The number of rotatable bonds is 11. The van der Waals surface area contributed by atoms with Crippen LogP contribution in [0.1, 0.15) is 65.9 Å². The van der Waals surface area contributed by atoms with Crippen molar-refractivity contribution in [3.05, 3.63) is 29.8 Å². The van der Waals surface area contributed by atoms with Crippen molar-refractivity contribution >= 4 is 41.5 Å². The minimum atomic E-state index is 0. The number of carbonyl (C=O) groups is 1. The van der Waals surface area contributed by atoms with Crippen LogP contribution in [-0.2, 0) is 11.3 Å². The second-order valence-corrected chi connectivity index (χ2v) is 8.72. The van der Waals surface area contributed by atoms with E-state index in [-0.39, 0.29) is 35.8 Å². The fourth-order valence-corrected chi connectivity index (χ4v) is 3.76. The van der Waals surface area contributed by atoms with E-state index in [0.29, 0.717) is 18.6 Å². The van der Waals surface area contributed by atoms with Crippen molar-refractivity contribution < 1.29 is 4.79 Å². The van der Waals surface area contributed by atoms with Crippen LogP contribution >= 0.6 is 24.0 Å². The number of anilines is 1. The van der Waals surface area contributed by atoms with Crippen LogP contribution in [0.3, 0.4) is 0 Å². The van der Waals surface area contributed by atoms with Gasteiger partial charge in [0.1, 0.15) is 0 Å². The first-order chi connectivity index (χ1) is 14.4. The lowest BCUT2D eigenvalue weighted by Crippen LogP contribution is -2.41. The Morgan fingerprint density at radius 1 is 1.16 bits per heavy atom.